The van der Waals surface area contributed by atoms with Gasteiger partial charge in [-0.2, -0.15) is 0 Å². The zero-order valence-electron chi connectivity index (χ0n) is 6.02. The van der Waals surface area contributed by atoms with Gasteiger partial charge in [0.25, 0.3) is 0 Å². The van der Waals surface area contributed by atoms with Gasteiger partial charge >= 0.3 is 0 Å². The predicted molar refractivity (Wildman–Crippen MR) is 42.0 cm³/mol. The lowest BCUT2D eigenvalue weighted by Crippen LogP contribution is -1.67. The van der Waals surface area contributed by atoms with E-state index in [0.717, 1.165) is 6.42 Å². The Morgan fingerprint density at radius 1 is 1.44 bits per heavy atom. The molecule has 1 nitrogen and oxygen atoms in total. The number of hydrogen-bond donors (Lipinski definition) is 1. The fourth-order valence-electron chi connectivity index (χ4n) is 0.393. The number of rotatable bonds is 3. The molecule has 1 N–H and O–H groups in total. The van der Waals surface area contributed by atoms with Crippen molar-refractivity contribution in [2.75, 3.05) is 0 Å². The quantitative estimate of drug-likeness (QED) is 0.440. The highest BCUT2D eigenvalue weighted by molar-refractivity contribution is 5.68. The van der Waals surface area contributed by atoms with Crippen LogP contribution in [0.2, 0.25) is 0 Å². The van der Waals surface area contributed by atoms with Crippen LogP contribution in [0.4, 0.5) is 0 Å². The van der Waals surface area contributed by atoms with E-state index in [0.29, 0.717) is 0 Å². The molecule has 0 spiro atoms. The van der Waals surface area contributed by atoms with Crippen LogP contribution < -0.4 is 0 Å². The van der Waals surface area contributed by atoms with E-state index in [4.69, 9.17) is 5.41 Å². The standard InChI is InChI=1S/C8H13N/c1-3-8(2)6-4-5-7-9/h4-7,9H,3H2,1-2H3/b5-4-,8-6+,9-7?. The van der Waals surface area contributed by atoms with E-state index < -0.39 is 0 Å². The summed E-state index contributed by atoms with van der Waals surface area (Å²) in [5.41, 5.74) is 1.34. The smallest absolute Gasteiger partial charge is 0.0177 e. The van der Waals surface area contributed by atoms with Crippen molar-refractivity contribution >= 4 is 6.21 Å². The first-order valence-corrected chi connectivity index (χ1v) is 3.14. The molecule has 0 aromatic rings. The Kier molecular flexibility index (Phi) is 4.79. The second-order valence-electron chi connectivity index (χ2n) is 1.92. The average molecular weight is 123 g/mol. The van der Waals surface area contributed by atoms with Crippen molar-refractivity contribution in [1.82, 2.24) is 0 Å². The molecular formula is C8H13N. The van der Waals surface area contributed by atoms with E-state index in [1.165, 1.54) is 11.8 Å². The third-order valence-corrected chi connectivity index (χ3v) is 1.15. The maximum absolute atomic E-state index is 6.66. The van der Waals surface area contributed by atoms with Crippen molar-refractivity contribution in [3.63, 3.8) is 0 Å². The minimum atomic E-state index is 1.09. The van der Waals surface area contributed by atoms with Gasteiger partial charge in [0, 0.05) is 6.21 Å². The highest BCUT2D eigenvalue weighted by Gasteiger charge is 1.76. The molecule has 0 unspecified atom stereocenters. The molecule has 0 aliphatic rings. The van der Waals surface area contributed by atoms with Crippen LogP contribution >= 0.6 is 0 Å². The summed E-state index contributed by atoms with van der Waals surface area (Å²) in [7, 11) is 0. The zero-order valence-corrected chi connectivity index (χ0v) is 6.02. The highest BCUT2D eigenvalue weighted by Crippen LogP contribution is 1.96. The summed E-state index contributed by atoms with van der Waals surface area (Å²) in [5, 5.41) is 6.66. The summed E-state index contributed by atoms with van der Waals surface area (Å²) >= 11 is 0. The Morgan fingerprint density at radius 3 is 2.56 bits per heavy atom. The van der Waals surface area contributed by atoms with Crippen LogP contribution in [0.15, 0.2) is 23.8 Å². The second kappa shape index (κ2) is 5.29. The summed E-state index contributed by atoms with van der Waals surface area (Å²) in [5.74, 6) is 0. The van der Waals surface area contributed by atoms with E-state index in [1.807, 2.05) is 12.2 Å². The van der Waals surface area contributed by atoms with Crippen LogP contribution in [0.25, 0.3) is 0 Å². The van der Waals surface area contributed by atoms with Gasteiger partial charge in [-0.25, -0.2) is 0 Å². The molecule has 0 heterocycles. The molecule has 50 valence electrons. The van der Waals surface area contributed by atoms with Crippen molar-refractivity contribution in [2.45, 2.75) is 20.3 Å². The lowest BCUT2D eigenvalue weighted by molar-refractivity contribution is 1.10. The first kappa shape index (κ1) is 8.15. The van der Waals surface area contributed by atoms with Gasteiger partial charge in [-0.3, -0.25) is 0 Å². The van der Waals surface area contributed by atoms with Gasteiger partial charge < -0.3 is 5.41 Å². The lowest BCUT2D eigenvalue weighted by Gasteiger charge is -1.87. The van der Waals surface area contributed by atoms with Gasteiger partial charge in [0.05, 0.1) is 0 Å². The Hall–Kier alpha value is -0.850. The largest absolute Gasteiger partial charge is 0.309 e. The van der Waals surface area contributed by atoms with E-state index in [2.05, 4.69) is 13.8 Å². The molecule has 0 saturated heterocycles. The summed E-state index contributed by atoms with van der Waals surface area (Å²) in [6.45, 7) is 4.19. The third-order valence-electron chi connectivity index (χ3n) is 1.15. The first-order valence-electron chi connectivity index (χ1n) is 3.14. The number of hydrogen-bond acceptors (Lipinski definition) is 1. The molecule has 0 fully saturated rings. The maximum atomic E-state index is 6.66. The van der Waals surface area contributed by atoms with Crippen LogP contribution in [0, 0.1) is 5.41 Å². The normalized spacial score (nSPS) is 12.4. The van der Waals surface area contributed by atoms with Crippen molar-refractivity contribution in [3.8, 4) is 0 Å². The average Bonchev–Trinajstić information content (AvgIpc) is 1.89. The molecule has 0 aromatic heterocycles. The Balaban J connectivity index is 3.67. The molecule has 0 aromatic carbocycles. The minimum Gasteiger partial charge on any atom is -0.309 e. The van der Waals surface area contributed by atoms with Gasteiger partial charge in [-0.15, -0.1) is 0 Å². The van der Waals surface area contributed by atoms with Gasteiger partial charge in [0.2, 0.25) is 0 Å². The van der Waals surface area contributed by atoms with E-state index >= 15 is 0 Å². The fourth-order valence-corrected chi connectivity index (χ4v) is 0.393. The molecule has 0 atom stereocenters. The first-order chi connectivity index (χ1) is 4.31. The van der Waals surface area contributed by atoms with Crippen LogP contribution in [0.3, 0.4) is 0 Å². The van der Waals surface area contributed by atoms with Crippen molar-refractivity contribution < 1.29 is 0 Å². The Morgan fingerprint density at radius 2 is 2.11 bits per heavy atom. The van der Waals surface area contributed by atoms with E-state index in [9.17, 15) is 0 Å². The molecule has 0 saturated carbocycles. The number of nitrogens with one attached hydrogen (secondary N) is 1. The van der Waals surface area contributed by atoms with E-state index in [-0.39, 0.29) is 0 Å². The predicted octanol–water partition coefficient (Wildman–Crippen LogP) is 2.55. The molecule has 1 heteroatoms. The third kappa shape index (κ3) is 5.01. The Bertz CT molecular complexity index is 132. The molecule has 0 aliphatic carbocycles. The minimum absolute atomic E-state index is 1.09. The molecular weight excluding hydrogens is 110 g/mol. The molecule has 0 bridgehead atoms. The van der Waals surface area contributed by atoms with Crippen LogP contribution in [0.1, 0.15) is 20.3 Å². The van der Waals surface area contributed by atoms with Crippen molar-refractivity contribution in [3.05, 3.63) is 23.8 Å². The fraction of sp³-hybridized carbons (Fsp3) is 0.375. The van der Waals surface area contributed by atoms with Gasteiger partial charge in [0.1, 0.15) is 0 Å². The maximum Gasteiger partial charge on any atom is 0.0177 e. The highest BCUT2D eigenvalue weighted by atomic mass is 14.3. The van der Waals surface area contributed by atoms with Crippen molar-refractivity contribution in [2.24, 2.45) is 0 Å². The van der Waals surface area contributed by atoms with Crippen molar-refractivity contribution in [1.29, 1.82) is 5.41 Å². The van der Waals surface area contributed by atoms with Crippen LogP contribution in [-0.2, 0) is 0 Å². The van der Waals surface area contributed by atoms with E-state index in [1.54, 1.807) is 6.08 Å². The van der Waals surface area contributed by atoms with Crippen LogP contribution in [0.5, 0.6) is 0 Å². The Labute approximate surface area is 56.6 Å². The molecule has 0 radical (unpaired) electrons. The van der Waals surface area contributed by atoms with Gasteiger partial charge in [-0.05, 0) is 19.4 Å². The van der Waals surface area contributed by atoms with Gasteiger partial charge in [-0.1, -0.05) is 24.6 Å². The monoisotopic (exact) mass is 123 g/mol. The zero-order chi connectivity index (χ0) is 7.11. The molecule has 0 amide bonds. The topological polar surface area (TPSA) is 23.9 Å². The molecule has 0 rings (SSSR count). The van der Waals surface area contributed by atoms with Gasteiger partial charge in [0.15, 0.2) is 0 Å². The summed E-state index contributed by atoms with van der Waals surface area (Å²) in [6, 6.07) is 0. The molecule has 9 heavy (non-hydrogen) atoms. The molecule has 0 aliphatic heterocycles. The number of allylic oxidation sites excluding steroid dienone is 4. The second-order valence-corrected chi connectivity index (χ2v) is 1.92. The van der Waals surface area contributed by atoms with Crippen LogP contribution in [-0.4, -0.2) is 6.21 Å². The summed E-state index contributed by atoms with van der Waals surface area (Å²) in [4.78, 5) is 0. The lowest BCUT2D eigenvalue weighted by atomic mass is 10.2. The summed E-state index contributed by atoms with van der Waals surface area (Å²) < 4.78 is 0. The summed E-state index contributed by atoms with van der Waals surface area (Å²) in [6.07, 6.45) is 7.97. The SMILES string of the molecule is CC/C(C)=C/C=C\C=N.